The molecule has 0 amide bonds. The predicted octanol–water partition coefficient (Wildman–Crippen LogP) is 4.32. The number of benzene rings is 2. The number of rotatable bonds is 5. The van der Waals surface area contributed by atoms with Crippen LogP contribution in [0.1, 0.15) is 5.56 Å². The van der Waals surface area contributed by atoms with Crippen LogP contribution in [0.25, 0.3) is 0 Å². The Morgan fingerprint density at radius 1 is 0.909 bits per heavy atom. The highest BCUT2D eigenvalue weighted by molar-refractivity contribution is 7.91. The van der Waals surface area contributed by atoms with Crippen LogP contribution in [0.5, 0.6) is 0 Å². The van der Waals surface area contributed by atoms with Crippen molar-refractivity contribution in [2.75, 3.05) is 27.8 Å². The lowest BCUT2D eigenvalue weighted by Crippen LogP contribution is -2.33. The van der Waals surface area contributed by atoms with Gasteiger partial charge in [0.25, 0.3) is 0 Å². The summed E-state index contributed by atoms with van der Waals surface area (Å²) >= 11 is 0. The first-order valence-corrected chi connectivity index (χ1v) is 12.2. The number of hydrogen-bond donors (Lipinski definition) is 1. The van der Waals surface area contributed by atoms with Crippen molar-refractivity contribution < 1.29 is 8.42 Å². The first-order chi connectivity index (χ1) is 16.0. The van der Waals surface area contributed by atoms with Gasteiger partial charge in [-0.15, -0.1) is 0 Å². The van der Waals surface area contributed by atoms with Crippen LogP contribution < -0.4 is 15.5 Å². The molecule has 2 aromatic carbocycles. The topological polar surface area (TPSA) is 92.4 Å². The summed E-state index contributed by atoms with van der Waals surface area (Å²) in [4.78, 5) is 13.4. The number of fused-ring (bicyclic) bond motifs is 1. The lowest BCUT2D eigenvalue weighted by molar-refractivity contribution is 0.592. The molecule has 2 aromatic heterocycles. The van der Waals surface area contributed by atoms with Crippen molar-refractivity contribution in [1.82, 2.24) is 9.97 Å². The molecule has 0 aliphatic carbocycles. The van der Waals surface area contributed by atoms with Crippen LogP contribution in [0.4, 0.5) is 28.6 Å². The van der Waals surface area contributed by atoms with Crippen molar-refractivity contribution in [2.45, 2.75) is 11.4 Å². The largest absolute Gasteiger partial charge is 0.399 e. The summed E-state index contributed by atoms with van der Waals surface area (Å²) in [5.74, 6) is 0.786. The Bertz CT molecular complexity index is 1380. The van der Waals surface area contributed by atoms with Gasteiger partial charge in [-0.25, -0.2) is 13.4 Å². The first-order valence-electron chi connectivity index (χ1n) is 10.6. The van der Waals surface area contributed by atoms with Gasteiger partial charge >= 0.3 is 0 Å². The monoisotopic (exact) mass is 457 g/mol. The van der Waals surface area contributed by atoms with Crippen LogP contribution >= 0.6 is 0 Å². The lowest BCUT2D eigenvalue weighted by atomic mass is 10.1. The van der Waals surface area contributed by atoms with E-state index < -0.39 is 9.84 Å². The number of hydrogen-bond acceptors (Lipinski definition) is 7. The Balaban J connectivity index is 1.58. The summed E-state index contributed by atoms with van der Waals surface area (Å²) in [5.41, 5.74) is 10.1. The number of para-hydroxylation sites is 1. The number of nitrogens with two attached hydrogens (primary N) is 1. The molecule has 1 aliphatic heterocycles. The molecule has 0 bridgehead atoms. The van der Waals surface area contributed by atoms with Crippen molar-refractivity contribution in [3.63, 3.8) is 0 Å². The Labute approximate surface area is 193 Å². The molecule has 33 heavy (non-hydrogen) atoms. The normalized spacial score (nSPS) is 14.5. The van der Waals surface area contributed by atoms with Gasteiger partial charge in [-0.1, -0.05) is 18.2 Å². The van der Waals surface area contributed by atoms with Crippen molar-refractivity contribution in [3.05, 3.63) is 97.0 Å². The number of anilines is 5. The minimum absolute atomic E-state index is 0.0459. The van der Waals surface area contributed by atoms with Crippen LogP contribution in [-0.2, 0) is 16.4 Å². The Morgan fingerprint density at radius 3 is 2.48 bits per heavy atom. The number of aromatic nitrogens is 2. The maximum absolute atomic E-state index is 12.6. The van der Waals surface area contributed by atoms with Crippen LogP contribution in [0.3, 0.4) is 0 Å². The van der Waals surface area contributed by atoms with Crippen molar-refractivity contribution in [1.29, 1.82) is 0 Å². The second-order valence-electron chi connectivity index (χ2n) is 7.81. The summed E-state index contributed by atoms with van der Waals surface area (Å²) in [5, 5.41) is 0. The molecule has 0 unspecified atom stereocenters. The number of nitrogen functional groups attached to an aromatic ring is 1. The van der Waals surface area contributed by atoms with E-state index in [0.29, 0.717) is 29.4 Å². The van der Waals surface area contributed by atoms with Gasteiger partial charge in [0, 0.05) is 35.9 Å². The van der Waals surface area contributed by atoms with Gasteiger partial charge in [-0.05, 0) is 54.6 Å². The zero-order valence-corrected chi connectivity index (χ0v) is 18.7. The predicted molar refractivity (Wildman–Crippen MR) is 131 cm³/mol. The van der Waals surface area contributed by atoms with Gasteiger partial charge in [0.05, 0.1) is 34.8 Å². The average Bonchev–Trinajstić information content (AvgIpc) is 2.84. The molecule has 4 aromatic rings. The molecule has 0 spiro atoms. The van der Waals surface area contributed by atoms with Crippen LogP contribution in [-0.4, -0.2) is 30.7 Å². The van der Waals surface area contributed by atoms with Gasteiger partial charge in [0.2, 0.25) is 0 Å². The highest BCUT2D eigenvalue weighted by atomic mass is 32.2. The summed E-state index contributed by atoms with van der Waals surface area (Å²) < 4.78 is 25.3. The van der Waals surface area contributed by atoms with E-state index in [1.165, 1.54) is 0 Å². The van der Waals surface area contributed by atoms with Crippen LogP contribution in [0.2, 0.25) is 0 Å². The molecular weight excluding hydrogens is 434 g/mol. The van der Waals surface area contributed by atoms with E-state index in [0.717, 1.165) is 22.8 Å². The smallest absolute Gasteiger partial charge is 0.182 e. The Kier molecular flexibility index (Phi) is 5.43. The summed E-state index contributed by atoms with van der Waals surface area (Å²) in [6, 6.07) is 22.6. The standard InChI is InChI=1S/C25H23N5O2S/c26-20-9-11-21(12-10-20)30(22-6-4-13-27-17-22)18-19-5-3-14-28-25(19)29-15-16-33(31,32)24-8-2-1-7-23(24)29/h1-14,17H,15-16,18,26H2. The third kappa shape index (κ3) is 4.12. The Morgan fingerprint density at radius 2 is 1.70 bits per heavy atom. The van der Waals surface area contributed by atoms with Crippen LogP contribution in [0.15, 0.2) is 96.3 Å². The molecule has 0 radical (unpaired) electrons. The van der Waals surface area contributed by atoms with E-state index in [4.69, 9.17) is 5.73 Å². The number of nitrogens with zero attached hydrogens (tertiary/aromatic N) is 4. The van der Waals surface area contributed by atoms with E-state index in [1.54, 1.807) is 24.5 Å². The lowest BCUT2D eigenvalue weighted by Gasteiger charge is -2.33. The minimum Gasteiger partial charge on any atom is -0.399 e. The number of sulfone groups is 1. The maximum atomic E-state index is 12.6. The van der Waals surface area contributed by atoms with Crippen molar-refractivity contribution in [2.24, 2.45) is 0 Å². The van der Waals surface area contributed by atoms with Gasteiger partial charge in [0.15, 0.2) is 9.84 Å². The summed E-state index contributed by atoms with van der Waals surface area (Å²) in [6.45, 7) is 0.863. The second kappa shape index (κ2) is 8.55. The Hall–Kier alpha value is -3.91. The first kappa shape index (κ1) is 21.0. The molecule has 0 atom stereocenters. The number of pyridine rings is 2. The third-order valence-corrected chi connectivity index (χ3v) is 7.42. The molecule has 166 valence electrons. The highest BCUT2D eigenvalue weighted by Gasteiger charge is 2.30. The van der Waals surface area contributed by atoms with Crippen molar-refractivity contribution >= 4 is 38.4 Å². The SMILES string of the molecule is Nc1ccc(N(Cc2cccnc2N2CCS(=O)(=O)c3ccccc32)c2cccnc2)cc1. The zero-order chi connectivity index (χ0) is 22.8. The van der Waals surface area contributed by atoms with E-state index in [-0.39, 0.29) is 5.75 Å². The van der Waals surface area contributed by atoms with Gasteiger partial charge in [-0.2, -0.15) is 0 Å². The average molecular weight is 458 g/mol. The van der Waals surface area contributed by atoms with Gasteiger partial charge in [-0.3, -0.25) is 4.98 Å². The quantitative estimate of drug-likeness (QED) is 0.446. The fraction of sp³-hybridized carbons (Fsp3) is 0.120. The minimum atomic E-state index is -3.31. The van der Waals surface area contributed by atoms with E-state index in [1.807, 2.05) is 71.8 Å². The second-order valence-corrected chi connectivity index (χ2v) is 9.89. The van der Waals surface area contributed by atoms with Gasteiger partial charge in [0.1, 0.15) is 5.82 Å². The molecule has 0 saturated heterocycles. The molecule has 1 aliphatic rings. The van der Waals surface area contributed by atoms with Crippen molar-refractivity contribution in [3.8, 4) is 0 Å². The van der Waals surface area contributed by atoms with E-state index >= 15 is 0 Å². The fourth-order valence-electron chi connectivity index (χ4n) is 4.07. The fourth-order valence-corrected chi connectivity index (χ4v) is 5.50. The molecule has 7 nitrogen and oxygen atoms in total. The van der Waals surface area contributed by atoms with Gasteiger partial charge < -0.3 is 15.5 Å². The summed E-state index contributed by atoms with van der Waals surface area (Å²) in [6.07, 6.45) is 5.29. The molecule has 3 heterocycles. The highest BCUT2D eigenvalue weighted by Crippen LogP contribution is 2.37. The molecule has 8 heteroatoms. The summed E-state index contributed by atoms with van der Waals surface area (Å²) in [7, 11) is -3.31. The zero-order valence-electron chi connectivity index (χ0n) is 17.9. The van der Waals surface area contributed by atoms with Crippen LogP contribution in [0, 0.1) is 0 Å². The van der Waals surface area contributed by atoms with E-state index in [9.17, 15) is 8.42 Å². The molecule has 5 rings (SSSR count). The third-order valence-electron chi connectivity index (χ3n) is 5.69. The molecular formula is C25H23N5O2S. The van der Waals surface area contributed by atoms with E-state index in [2.05, 4.69) is 14.9 Å². The molecule has 0 fully saturated rings. The molecule has 2 N–H and O–H groups in total. The maximum Gasteiger partial charge on any atom is 0.182 e. The molecule has 0 saturated carbocycles.